The summed E-state index contributed by atoms with van der Waals surface area (Å²) in [7, 11) is 0. The van der Waals surface area contributed by atoms with E-state index in [2.05, 4.69) is 29.0 Å². The lowest BCUT2D eigenvalue weighted by Gasteiger charge is -2.32. The molecule has 7 nitrogen and oxygen atoms in total. The largest absolute Gasteiger partial charge is 0.507 e. The topological polar surface area (TPSA) is 125 Å². The number of ether oxygens (including phenoxy) is 1. The number of nitrogens with two attached hydrogens (primary N) is 1. The summed E-state index contributed by atoms with van der Waals surface area (Å²) >= 11 is 0. The van der Waals surface area contributed by atoms with Crippen molar-refractivity contribution in [3.63, 3.8) is 0 Å². The van der Waals surface area contributed by atoms with E-state index in [9.17, 15) is 19.8 Å². The third-order valence-electron chi connectivity index (χ3n) is 6.40. The van der Waals surface area contributed by atoms with Gasteiger partial charge in [0.15, 0.2) is 23.3 Å². The number of aromatic hydroxyl groups is 1. The zero-order valence-electron chi connectivity index (χ0n) is 16.6. The monoisotopic (exact) mass is 424 g/mol. The van der Waals surface area contributed by atoms with Crippen molar-refractivity contribution < 1.29 is 24.5 Å². The Hall–Kier alpha value is -3.88. The van der Waals surface area contributed by atoms with E-state index in [1.807, 2.05) is 0 Å². The first-order valence-corrected chi connectivity index (χ1v) is 10.1. The Bertz CT molecular complexity index is 1420. The van der Waals surface area contributed by atoms with Gasteiger partial charge in [-0.3, -0.25) is 9.59 Å². The van der Waals surface area contributed by atoms with Gasteiger partial charge in [-0.05, 0) is 35.9 Å². The number of phenols is 1. The molecule has 2 aliphatic heterocycles. The average Bonchev–Trinajstić information content (AvgIpc) is 3.56. The fourth-order valence-electron chi connectivity index (χ4n) is 4.83. The first-order valence-electron chi connectivity index (χ1n) is 10.1. The number of anilines is 1. The van der Waals surface area contributed by atoms with Gasteiger partial charge in [-0.1, -0.05) is 29.7 Å². The summed E-state index contributed by atoms with van der Waals surface area (Å²) in [6.07, 6.45) is 1.35. The van der Waals surface area contributed by atoms with Gasteiger partial charge in [0.1, 0.15) is 17.9 Å². The molecule has 0 saturated carbocycles. The minimum atomic E-state index is -1.26. The van der Waals surface area contributed by atoms with Gasteiger partial charge >= 0.3 is 0 Å². The number of phenolic OH excluding ortho intramolecular Hbond substituents is 1. The molecule has 0 spiro atoms. The highest BCUT2D eigenvalue weighted by molar-refractivity contribution is 6.31. The van der Waals surface area contributed by atoms with Crippen molar-refractivity contribution in [1.29, 1.82) is 0 Å². The van der Waals surface area contributed by atoms with Crippen LogP contribution in [-0.4, -0.2) is 40.0 Å². The van der Waals surface area contributed by atoms with Gasteiger partial charge in [-0.2, -0.15) is 0 Å². The van der Waals surface area contributed by atoms with Crippen LogP contribution in [0.3, 0.4) is 0 Å². The highest BCUT2D eigenvalue weighted by atomic mass is 16.6. The molecule has 2 aliphatic carbocycles. The summed E-state index contributed by atoms with van der Waals surface area (Å²) in [5, 5.41) is 24.9. The van der Waals surface area contributed by atoms with Gasteiger partial charge in [0.05, 0.1) is 16.8 Å². The molecule has 1 saturated heterocycles. The summed E-state index contributed by atoms with van der Waals surface area (Å²) in [5.74, 6) is 10.1. The highest BCUT2D eigenvalue weighted by Crippen LogP contribution is 2.59. The maximum Gasteiger partial charge on any atom is 0.198 e. The van der Waals surface area contributed by atoms with E-state index in [4.69, 9.17) is 10.5 Å². The molecule has 7 heteroatoms. The predicted molar refractivity (Wildman–Crippen MR) is 114 cm³/mol. The summed E-state index contributed by atoms with van der Waals surface area (Å²) < 4.78 is 5.94. The van der Waals surface area contributed by atoms with Crippen LogP contribution in [0.2, 0.25) is 0 Å². The van der Waals surface area contributed by atoms with Crippen molar-refractivity contribution >= 4 is 17.3 Å². The first kappa shape index (κ1) is 18.9. The number of ketones is 2. The van der Waals surface area contributed by atoms with Crippen LogP contribution in [0.25, 0.3) is 0 Å². The van der Waals surface area contributed by atoms with Crippen LogP contribution >= 0.6 is 0 Å². The third-order valence-corrected chi connectivity index (χ3v) is 6.40. The molecular weight excluding hydrogens is 408 g/mol. The number of aliphatic hydroxyl groups is 1. The minimum Gasteiger partial charge on any atom is -0.507 e. The Labute approximate surface area is 182 Å². The maximum absolute atomic E-state index is 13.6. The molecule has 2 heterocycles. The number of carbonyl (C=O) groups is 2. The second kappa shape index (κ2) is 6.32. The lowest BCUT2D eigenvalue weighted by Crippen LogP contribution is -2.42. The zero-order valence-corrected chi connectivity index (χ0v) is 16.6. The Morgan fingerprint density at radius 1 is 1.06 bits per heavy atom. The number of aliphatic hydroxyl groups excluding tert-OH is 1. The van der Waals surface area contributed by atoms with Crippen LogP contribution in [0.15, 0.2) is 36.4 Å². The van der Waals surface area contributed by atoms with E-state index in [1.54, 1.807) is 24.3 Å². The quantitative estimate of drug-likeness (QED) is 0.260. The summed E-state index contributed by atoms with van der Waals surface area (Å²) in [4.78, 5) is 26.9. The number of benzene rings is 2. The Morgan fingerprint density at radius 3 is 2.59 bits per heavy atom. The average molecular weight is 424 g/mol. The van der Waals surface area contributed by atoms with Crippen molar-refractivity contribution in [3.05, 3.63) is 69.8 Å². The smallest absolute Gasteiger partial charge is 0.198 e. The normalized spacial score (nSPS) is 28.9. The molecule has 1 unspecified atom stereocenters. The Morgan fingerprint density at radius 2 is 1.81 bits per heavy atom. The van der Waals surface area contributed by atoms with Gasteiger partial charge in [0.2, 0.25) is 0 Å². The van der Waals surface area contributed by atoms with Crippen LogP contribution in [0.1, 0.15) is 43.0 Å². The SMILES string of the molecule is NCc1ccc2c(c1)C(=O)c1c3c(cc(O)c1C2=O)[C@@]12OC1[C@H](C#C/C=C\C#C[C@H]2O)N3. The number of fused-ring (bicyclic) bond motifs is 4. The number of hydrogen-bond donors (Lipinski definition) is 4. The fourth-order valence-corrected chi connectivity index (χ4v) is 4.83. The molecule has 32 heavy (non-hydrogen) atoms. The van der Waals surface area contributed by atoms with Crippen molar-refractivity contribution in [2.75, 3.05) is 5.32 Å². The first-order chi connectivity index (χ1) is 15.5. The van der Waals surface area contributed by atoms with Crippen molar-refractivity contribution in [2.24, 2.45) is 5.73 Å². The molecule has 0 radical (unpaired) electrons. The lowest BCUT2D eigenvalue weighted by atomic mass is 9.75. The minimum absolute atomic E-state index is 0.0413. The second-order valence-corrected chi connectivity index (χ2v) is 8.08. The molecule has 156 valence electrons. The molecule has 4 atom stereocenters. The summed E-state index contributed by atoms with van der Waals surface area (Å²) in [5.41, 5.74) is 6.27. The molecule has 5 N–H and O–H groups in total. The number of hydrogen-bond acceptors (Lipinski definition) is 7. The van der Waals surface area contributed by atoms with Gasteiger partial charge in [-0.15, -0.1) is 0 Å². The predicted octanol–water partition coefficient (Wildman–Crippen LogP) is 0.952. The van der Waals surface area contributed by atoms with Crippen LogP contribution in [0, 0.1) is 23.7 Å². The molecule has 0 amide bonds. The molecule has 6 rings (SSSR count). The lowest BCUT2D eigenvalue weighted by molar-refractivity contribution is 0.0975. The fraction of sp³-hybridized carbons (Fsp3) is 0.200. The van der Waals surface area contributed by atoms with E-state index in [1.165, 1.54) is 12.1 Å². The summed E-state index contributed by atoms with van der Waals surface area (Å²) in [6.45, 7) is 0.215. The molecule has 0 aromatic heterocycles. The second-order valence-electron chi connectivity index (χ2n) is 8.08. The Balaban J connectivity index is 1.63. The van der Waals surface area contributed by atoms with Crippen LogP contribution in [0.5, 0.6) is 5.75 Å². The zero-order chi connectivity index (χ0) is 22.2. The van der Waals surface area contributed by atoms with Crippen LogP contribution < -0.4 is 11.1 Å². The van der Waals surface area contributed by atoms with Gasteiger partial charge in [-0.25, -0.2) is 0 Å². The van der Waals surface area contributed by atoms with Crippen LogP contribution in [0.4, 0.5) is 5.69 Å². The van der Waals surface area contributed by atoms with Gasteiger partial charge < -0.3 is 26.0 Å². The van der Waals surface area contributed by atoms with Crippen molar-refractivity contribution in [1.82, 2.24) is 0 Å². The number of nitrogens with one attached hydrogen (secondary N) is 1. The highest BCUT2D eigenvalue weighted by Gasteiger charge is 2.69. The van der Waals surface area contributed by atoms with E-state index in [0.717, 1.165) is 0 Å². The van der Waals surface area contributed by atoms with Gasteiger partial charge in [0, 0.05) is 23.2 Å². The summed E-state index contributed by atoms with van der Waals surface area (Å²) in [6, 6.07) is 5.68. The molecule has 4 aliphatic rings. The van der Waals surface area contributed by atoms with E-state index in [0.29, 0.717) is 16.8 Å². The Kier molecular flexibility index (Phi) is 3.72. The maximum atomic E-state index is 13.6. The van der Waals surface area contributed by atoms with Crippen LogP contribution in [-0.2, 0) is 16.9 Å². The molecule has 2 aromatic rings. The number of rotatable bonds is 1. The van der Waals surface area contributed by atoms with E-state index >= 15 is 0 Å². The third kappa shape index (κ3) is 2.27. The standard InChI is InChI=1S/C25H16N2O5/c26-11-12-7-8-13-14(9-12)23(31)20-19(22(13)30)17(28)10-15-21(20)27-16-5-3-1-2-4-6-18(29)25(15)24(16)32-25/h1-2,7-10,16,18,24,27-29H,11,26H2/b2-1-/t16-,18+,24?,25-/m0/s1. The van der Waals surface area contributed by atoms with Crippen molar-refractivity contribution in [3.8, 4) is 29.4 Å². The number of carbonyl (C=O) groups excluding carboxylic acids is 2. The van der Waals surface area contributed by atoms with Gasteiger partial charge in [0.25, 0.3) is 0 Å². The molecule has 2 bridgehead atoms. The van der Waals surface area contributed by atoms with E-state index < -0.39 is 35.4 Å². The molecule has 2 aromatic carbocycles. The molecular formula is C25H16N2O5. The molecule has 1 fully saturated rings. The number of allylic oxidation sites excluding steroid dienone is 2. The van der Waals surface area contributed by atoms with E-state index in [-0.39, 0.29) is 34.5 Å². The van der Waals surface area contributed by atoms with Crippen molar-refractivity contribution in [2.45, 2.75) is 30.4 Å². The number of epoxide rings is 1.